The third-order valence-corrected chi connectivity index (χ3v) is 5.03. The number of nitrogens with one attached hydrogen (secondary N) is 1. The monoisotopic (exact) mass is 336 g/mol. The van der Waals surface area contributed by atoms with Crippen molar-refractivity contribution in [3.05, 3.63) is 18.0 Å². The highest BCUT2D eigenvalue weighted by molar-refractivity contribution is 5.75. The summed E-state index contributed by atoms with van der Waals surface area (Å²) in [4.78, 5) is 14.9. The molecule has 1 aromatic rings. The van der Waals surface area contributed by atoms with Crippen LogP contribution in [0.4, 0.5) is 4.79 Å². The Morgan fingerprint density at radius 2 is 2.33 bits per heavy atom. The lowest BCUT2D eigenvalue weighted by atomic mass is 9.99. The molecule has 2 fully saturated rings. The molecule has 1 N–H and O–H groups in total. The number of methoxy groups -OCH3 is 1. The number of urea groups is 1. The van der Waals surface area contributed by atoms with E-state index in [4.69, 9.17) is 9.47 Å². The molecule has 7 nitrogen and oxygen atoms in total. The number of carbonyl (C=O) groups excluding carboxylic acids is 1. The van der Waals surface area contributed by atoms with Gasteiger partial charge in [-0.1, -0.05) is 0 Å². The predicted octanol–water partition coefficient (Wildman–Crippen LogP) is 1.85. The summed E-state index contributed by atoms with van der Waals surface area (Å²) in [7, 11) is 3.59. The Morgan fingerprint density at radius 1 is 1.46 bits per heavy atom. The van der Waals surface area contributed by atoms with Gasteiger partial charge in [-0.15, -0.1) is 0 Å². The van der Waals surface area contributed by atoms with Crippen LogP contribution in [0.3, 0.4) is 0 Å². The van der Waals surface area contributed by atoms with E-state index in [1.54, 1.807) is 13.3 Å². The van der Waals surface area contributed by atoms with Gasteiger partial charge in [-0.25, -0.2) is 4.79 Å². The third-order valence-electron chi connectivity index (χ3n) is 5.03. The summed E-state index contributed by atoms with van der Waals surface area (Å²) >= 11 is 0. The maximum absolute atomic E-state index is 12.9. The molecule has 0 aliphatic carbocycles. The third kappa shape index (κ3) is 3.72. The number of amides is 2. The Bertz CT molecular complexity index is 542. The van der Waals surface area contributed by atoms with Crippen LogP contribution >= 0.6 is 0 Å². The van der Waals surface area contributed by atoms with Gasteiger partial charge in [-0.3, -0.25) is 4.68 Å². The first-order chi connectivity index (χ1) is 11.7. The van der Waals surface area contributed by atoms with Crippen LogP contribution in [0.2, 0.25) is 0 Å². The van der Waals surface area contributed by atoms with E-state index in [1.165, 1.54) is 0 Å². The molecule has 0 saturated carbocycles. The highest BCUT2D eigenvalue weighted by Crippen LogP contribution is 2.30. The van der Waals surface area contributed by atoms with Crippen LogP contribution in [0.15, 0.2) is 12.3 Å². The van der Waals surface area contributed by atoms with E-state index in [0.717, 1.165) is 50.9 Å². The quantitative estimate of drug-likeness (QED) is 0.891. The van der Waals surface area contributed by atoms with Crippen LogP contribution < -0.4 is 5.32 Å². The number of aryl methyl sites for hydroxylation is 1. The Hall–Kier alpha value is -1.60. The minimum Gasteiger partial charge on any atom is -0.382 e. The first-order valence-corrected chi connectivity index (χ1v) is 8.86. The normalized spacial score (nSPS) is 25.7. The van der Waals surface area contributed by atoms with E-state index in [2.05, 4.69) is 10.4 Å². The molecule has 2 amide bonds. The van der Waals surface area contributed by atoms with Gasteiger partial charge >= 0.3 is 6.03 Å². The standard InChI is InChI=1S/C17H28N4O3/c1-20-14(8-9-18-20)15-6-3-4-10-21(15)17(22)19-13(12-23-2)16-7-5-11-24-16/h8-9,13,15-16H,3-7,10-12H2,1-2H3,(H,19,22)/t13-,15-,16+/m0/s1. The van der Waals surface area contributed by atoms with Crippen molar-refractivity contribution >= 4 is 6.03 Å². The molecule has 3 atom stereocenters. The summed E-state index contributed by atoms with van der Waals surface area (Å²) in [6.07, 6.45) is 7.00. The molecule has 24 heavy (non-hydrogen) atoms. The van der Waals surface area contributed by atoms with Gasteiger partial charge in [0.05, 0.1) is 30.5 Å². The highest BCUT2D eigenvalue weighted by atomic mass is 16.5. The number of likely N-dealkylation sites (tertiary alicyclic amines) is 1. The summed E-state index contributed by atoms with van der Waals surface area (Å²) in [6.45, 7) is 2.01. The lowest BCUT2D eigenvalue weighted by molar-refractivity contribution is 0.0424. The minimum absolute atomic E-state index is 0.0292. The Morgan fingerprint density at radius 3 is 3.00 bits per heavy atom. The van der Waals surface area contributed by atoms with Crippen molar-refractivity contribution in [2.24, 2.45) is 7.05 Å². The Kier molecular flexibility index (Phi) is 5.73. The van der Waals surface area contributed by atoms with Gasteiger partial charge in [0.25, 0.3) is 0 Å². The zero-order valence-corrected chi connectivity index (χ0v) is 14.6. The second-order valence-electron chi connectivity index (χ2n) is 6.65. The molecular formula is C17H28N4O3. The fraction of sp³-hybridized carbons (Fsp3) is 0.765. The van der Waals surface area contributed by atoms with Crippen molar-refractivity contribution in [3.8, 4) is 0 Å². The number of ether oxygens (including phenoxy) is 2. The van der Waals surface area contributed by atoms with Crippen LogP contribution in [0.25, 0.3) is 0 Å². The number of aromatic nitrogens is 2. The van der Waals surface area contributed by atoms with Gasteiger partial charge in [0.15, 0.2) is 0 Å². The number of hydrogen-bond acceptors (Lipinski definition) is 4. The number of nitrogens with zero attached hydrogens (tertiary/aromatic N) is 3. The van der Waals surface area contributed by atoms with E-state index < -0.39 is 0 Å². The molecule has 0 unspecified atom stereocenters. The topological polar surface area (TPSA) is 68.6 Å². The second-order valence-corrected chi connectivity index (χ2v) is 6.65. The molecule has 3 heterocycles. The summed E-state index contributed by atoms with van der Waals surface area (Å²) in [5.74, 6) is 0. The van der Waals surface area contributed by atoms with Crippen molar-refractivity contribution in [3.63, 3.8) is 0 Å². The predicted molar refractivity (Wildman–Crippen MR) is 89.7 cm³/mol. The van der Waals surface area contributed by atoms with Crippen LogP contribution in [0.1, 0.15) is 43.8 Å². The average molecular weight is 336 g/mol. The molecule has 0 aromatic carbocycles. The summed E-state index contributed by atoms with van der Waals surface area (Å²) in [6, 6.07) is 1.96. The van der Waals surface area contributed by atoms with Crippen molar-refractivity contribution in [1.82, 2.24) is 20.0 Å². The van der Waals surface area contributed by atoms with E-state index in [1.807, 2.05) is 22.7 Å². The van der Waals surface area contributed by atoms with E-state index in [9.17, 15) is 4.79 Å². The van der Waals surface area contributed by atoms with Gasteiger partial charge in [0, 0.05) is 33.5 Å². The second kappa shape index (κ2) is 7.98. The maximum atomic E-state index is 12.9. The molecule has 134 valence electrons. The van der Waals surface area contributed by atoms with Gasteiger partial charge in [0.1, 0.15) is 0 Å². The lowest BCUT2D eigenvalue weighted by Crippen LogP contribution is -2.53. The van der Waals surface area contributed by atoms with E-state index >= 15 is 0 Å². The van der Waals surface area contributed by atoms with Crippen LogP contribution in [-0.4, -0.2) is 59.7 Å². The van der Waals surface area contributed by atoms with E-state index in [-0.39, 0.29) is 24.2 Å². The first-order valence-electron chi connectivity index (χ1n) is 8.86. The zero-order valence-electron chi connectivity index (χ0n) is 14.6. The number of carbonyl (C=O) groups is 1. The smallest absolute Gasteiger partial charge is 0.318 e. The van der Waals surface area contributed by atoms with Crippen molar-refractivity contribution in [2.45, 2.75) is 50.3 Å². The zero-order chi connectivity index (χ0) is 16.9. The van der Waals surface area contributed by atoms with Gasteiger partial charge in [0.2, 0.25) is 0 Å². The Labute approximate surface area is 143 Å². The molecule has 2 aliphatic rings. The fourth-order valence-corrected chi connectivity index (χ4v) is 3.78. The molecule has 0 bridgehead atoms. The van der Waals surface area contributed by atoms with E-state index in [0.29, 0.717) is 6.61 Å². The first kappa shape index (κ1) is 17.2. The minimum atomic E-state index is -0.0980. The number of rotatable bonds is 5. The SMILES string of the molecule is COC[C@H](NC(=O)N1CCCC[C@H]1c1ccnn1C)[C@H]1CCCO1. The van der Waals surface area contributed by atoms with Gasteiger partial charge < -0.3 is 19.7 Å². The van der Waals surface area contributed by atoms with Crippen LogP contribution in [-0.2, 0) is 16.5 Å². The lowest BCUT2D eigenvalue weighted by Gasteiger charge is -2.37. The molecule has 0 spiro atoms. The number of piperidine rings is 1. The fourth-order valence-electron chi connectivity index (χ4n) is 3.78. The van der Waals surface area contributed by atoms with Crippen molar-refractivity contribution in [1.29, 1.82) is 0 Å². The molecule has 1 aromatic heterocycles. The van der Waals surface area contributed by atoms with Crippen LogP contribution in [0, 0.1) is 0 Å². The molecule has 0 radical (unpaired) electrons. The molecule has 3 rings (SSSR count). The molecule has 7 heteroatoms. The number of hydrogen-bond donors (Lipinski definition) is 1. The molecule has 2 saturated heterocycles. The average Bonchev–Trinajstić information content (AvgIpc) is 3.26. The highest BCUT2D eigenvalue weighted by Gasteiger charge is 2.33. The van der Waals surface area contributed by atoms with Crippen LogP contribution in [0.5, 0.6) is 0 Å². The maximum Gasteiger partial charge on any atom is 0.318 e. The summed E-state index contributed by atoms with van der Waals surface area (Å²) < 4.78 is 12.9. The van der Waals surface area contributed by atoms with Gasteiger partial charge in [-0.2, -0.15) is 5.10 Å². The van der Waals surface area contributed by atoms with Crippen molar-refractivity contribution < 1.29 is 14.3 Å². The largest absolute Gasteiger partial charge is 0.382 e. The van der Waals surface area contributed by atoms with Crippen molar-refractivity contribution in [2.75, 3.05) is 26.9 Å². The molecule has 2 aliphatic heterocycles. The van der Waals surface area contributed by atoms with Gasteiger partial charge in [-0.05, 0) is 38.2 Å². The summed E-state index contributed by atoms with van der Waals surface area (Å²) in [5, 5.41) is 7.41. The molecular weight excluding hydrogens is 308 g/mol. The Balaban J connectivity index is 1.70. The summed E-state index contributed by atoms with van der Waals surface area (Å²) in [5.41, 5.74) is 1.09.